The van der Waals surface area contributed by atoms with E-state index in [1.807, 2.05) is 30.4 Å². The van der Waals surface area contributed by atoms with E-state index >= 15 is 0 Å². The molecule has 0 amide bonds. The summed E-state index contributed by atoms with van der Waals surface area (Å²) in [5.41, 5.74) is 2.30. The van der Waals surface area contributed by atoms with Gasteiger partial charge in [0.2, 0.25) is 0 Å². The first-order chi connectivity index (χ1) is 9.74. The van der Waals surface area contributed by atoms with Crippen LogP contribution in [0, 0.1) is 11.3 Å². The number of methoxy groups -OCH3 is 1. The Labute approximate surface area is 118 Å². The molecule has 0 saturated carbocycles. The first-order valence-corrected chi connectivity index (χ1v) is 6.26. The summed E-state index contributed by atoms with van der Waals surface area (Å²) in [5, 5.41) is 18.8. The number of allylic oxidation sites excluding steroid dienone is 1. The second-order valence-electron chi connectivity index (χ2n) is 4.30. The lowest BCUT2D eigenvalue weighted by Crippen LogP contribution is -1.87. The first-order valence-electron chi connectivity index (χ1n) is 6.26. The average Bonchev–Trinajstić information content (AvgIpc) is 2.49. The minimum absolute atomic E-state index is 0.240. The molecular formula is C17H15NO2. The van der Waals surface area contributed by atoms with Gasteiger partial charge in [0.1, 0.15) is 11.5 Å². The zero-order chi connectivity index (χ0) is 14.4. The van der Waals surface area contributed by atoms with Gasteiger partial charge in [0, 0.05) is 5.56 Å². The highest BCUT2D eigenvalue weighted by atomic mass is 16.5. The Balaban J connectivity index is 2.16. The molecule has 20 heavy (non-hydrogen) atoms. The third-order valence-corrected chi connectivity index (χ3v) is 3.00. The molecule has 0 aliphatic heterocycles. The molecule has 0 bridgehead atoms. The van der Waals surface area contributed by atoms with Crippen LogP contribution < -0.4 is 4.74 Å². The van der Waals surface area contributed by atoms with Gasteiger partial charge in [-0.2, -0.15) is 5.26 Å². The largest absolute Gasteiger partial charge is 0.508 e. The Hall–Kier alpha value is -2.73. The molecule has 3 nitrogen and oxygen atoms in total. The lowest BCUT2D eigenvalue weighted by Gasteiger charge is -2.05. The minimum Gasteiger partial charge on any atom is -0.508 e. The van der Waals surface area contributed by atoms with Gasteiger partial charge < -0.3 is 9.84 Å². The quantitative estimate of drug-likeness (QED) is 0.920. The molecular weight excluding hydrogens is 250 g/mol. The van der Waals surface area contributed by atoms with E-state index < -0.39 is 0 Å². The fourth-order valence-corrected chi connectivity index (χ4v) is 1.91. The summed E-state index contributed by atoms with van der Waals surface area (Å²) in [7, 11) is 1.59. The molecule has 0 radical (unpaired) electrons. The van der Waals surface area contributed by atoms with E-state index in [1.165, 1.54) is 0 Å². The predicted octanol–water partition coefficient (Wildman–Crippen LogP) is 3.53. The number of rotatable bonds is 4. The van der Waals surface area contributed by atoms with Crippen molar-refractivity contribution in [3.8, 4) is 17.6 Å². The van der Waals surface area contributed by atoms with Gasteiger partial charge in [0.25, 0.3) is 0 Å². The Bertz CT molecular complexity index is 669. The third kappa shape index (κ3) is 3.18. The summed E-state index contributed by atoms with van der Waals surface area (Å²) in [6.07, 6.45) is 4.38. The molecule has 0 heterocycles. The van der Waals surface area contributed by atoms with E-state index in [2.05, 4.69) is 6.07 Å². The van der Waals surface area contributed by atoms with E-state index in [9.17, 15) is 5.11 Å². The number of nitriles is 1. The number of aromatic hydroxyl groups is 1. The summed E-state index contributed by atoms with van der Waals surface area (Å²) in [6, 6.07) is 14.7. The molecule has 0 atom stereocenters. The average molecular weight is 265 g/mol. The number of hydrogen-bond acceptors (Lipinski definition) is 3. The van der Waals surface area contributed by atoms with Crippen LogP contribution in [-0.4, -0.2) is 12.2 Å². The lowest BCUT2D eigenvalue weighted by molar-refractivity contribution is 0.411. The Morgan fingerprint density at radius 2 is 2.05 bits per heavy atom. The standard InChI is InChI=1S/C17H15NO2/c1-20-16-9-10-17(19)14(11-16)8-4-7-13-5-2-3-6-15(13)12-18/h2-7,9-11,19H,8H2,1H3. The molecule has 0 aromatic heterocycles. The van der Waals surface area contributed by atoms with Crippen molar-refractivity contribution in [2.45, 2.75) is 6.42 Å². The van der Waals surface area contributed by atoms with Crippen LogP contribution in [0.2, 0.25) is 0 Å². The summed E-state index contributed by atoms with van der Waals surface area (Å²) in [4.78, 5) is 0. The van der Waals surface area contributed by atoms with Crippen LogP contribution in [-0.2, 0) is 6.42 Å². The summed E-state index contributed by atoms with van der Waals surface area (Å²) in [5.74, 6) is 0.952. The zero-order valence-electron chi connectivity index (χ0n) is 11.2. The molecule has 3 heteroatoms. The topological polar surface area (TPSA) is 53.2 Å². The van der Waals surface area contributed by atoms with Crippen molar-refractivity contribution in [3.05, 3.63) is 65.2 Å². The van der Waals surface area contributed by atoms with Crippen LogP contribution in [0.1, 0.15) is 16.7 Å². The van der Waals surface area contributed by atoms with Crippen LogP contribution in [0.3, 0.4) is 0 Å². The van der Waals surface area contributed by atoms with Crippen molar-refractivity contribution >= 4 is 6.08 Å². The number of nitrogens with zero attached hydrogens (tertiary/aromatic N) is 1. The van der Waals surface area contributed by atoms with Gasteiger partial charge in [-0.05, 0) is 36.2 Å². The molecule has 2 rings (SSSR count). The fourth-order valence-electron chi connectivity index (χ4n) is 1.91. The number of phenolic OH excluding ortho intramolecular Hbond substituents is 1. The van der Waals surface area contributed by atoms with Crippen LogP contribution in [0.15, 0.2) is 48.5 Å². The molecule has 2 aromatic rings. The highest BCUT2D eigenvalue weighted by Gasteiger charge is 2.02. The van der Waals surface area contributed by atoms with E-state index in [1.54, 1.807) is 31.4 Å². The maximum atomic E-state index is 9.79. The van der Waals surface area contributed by atoms with E-state index in [4.69, 9.17) is 10.00 Å². The van der Waals surface area contributed by atoms with Gasteiger partial charge in [0.15, 0.2) is 0 Å². The van der Waals surface area contributed by atoms with Gasteiger partial charge >= 0.3 is 0 Å². The molecule has 0 unspecified atom stereocenters. The van der Waals surface area contributed by atoms with E-state index in [0.717, 1.165) is 11.1 Å². The second-order valence-corrected chi connectivity index (χ2v) is 4.30. The van der Waals surface area contributed by atoms with Crippen LogP contribution in [0.25, 0.3) is 6.08 Å². The third-order valence-electron chi connectivity index (χ3n) is 3.00. The number of phenols is 1. The van der Waals surface area contributed by atoms with Crippen molar-refractivity contribution in [1.29, 1.82) is 5.26 Å². The Morgan fingerprint density at radius 3 is 2.80 bits per heavy atom. The smallest absolute Gasteiger partial charge is 0.119 e. The van der Waals surface area contributed by atoms with Crippen molar-refractivity contribution < 1.29 is 9.84 Å². The van der Waals surface area contributed by atoms with Crippen LogP contribution in [0.4, 0.5) is 0 Å². The molecule has 0 saturated heterocycles. The Kier molecular flexibility index (Phi) is 4.41. The van der Waals surface area contributed by atoms with Crippen LogP contribution in [0.5, 0.6) is 11.5 Å². The van der Waals surface area contributed by atoms with Gasteiger partial charge in [-0.1, -0.05) is 30.4 Å². The monoisotopic (exact) mass is 265 g/mol. The number of hydrogen-bond donors (Lipinski definition) is 1. The van der Waals surface area contributed by atoms with Crippen molar-refractivity contribution in [3.63, 3.8) is 0 Å². The Morgan fingerprint density at radius 1 is 1.25 bits per heavy atom. The molecule has 2 aromatic carbocycles. The number of ether oxygens (including phenoxy) is 1. The molecule has 0 aliphatic rings. The second kappa shape index (κ2) is 6.44. The van der Waals surface area contributed by atoms with E-state index in [0.29, 0.717) is 17.7 Å². The molecule has 1 N–H and O–H groups in total. The normalized spacial score (nSPS) is 10.4. The molecule has 100 valence electrons. The van der Waals surface area contributed by atoms with Gasteiger partial charge in [0.05, 0.1) is 18.7 Å². The zero-order valence-corrected chi connectivity index (χ0v) is 11.2. The fraction of sp³-hybridized carbons (Fsp3) is 0.118. The van der Waals surface area contributed by atoms with Gasteiger partial charge in [-0.25, -0.2) is 0 Å². The van der Waals surface area contributed by atoms with Crippen molar-refractivity contribution in [2.24, 2.45) is 0 Å². The lowest BCUT2D eigenvalue weighted by atomic mass is 10.1. The van der Waals surface area contributed by atoms with Crippen LogP contribution >= 0.6 is 0 Å². The summed E-state index contributed by atoms with van der Waals surface area (Å²) < 4.78 is 5.13. The van der Waals surface area contributed by atoms with Gasteiger partial charge in [-0.3, -0.25) is 0 Å². The predicted molar refractivity (Wildman–Crippen MR) is 78.6 cm³/mol. The van der Waals surface area contributed by atoms with E-state index in [-0.39, 0.29) is 5.75 Å². The number of benzene rings is 2. The van der Waals surface area contributed by atoms with Crippen molar-refractivity contribution in [2.75, 3.05) is 7.11 Å². The first kappa shape index (κ1) is 13.7. The molecule has 0 aliphatic carbocycles. The van der Waals surface area contributed by atoms with Crippen molar-refractivity contribution in [1.82, 2.24) is 0 Å². The highest BCUT2D eigenvalue weighted by Crippen LogP contribution is 2.23. The van der Waals surface area contributed by atoms with Gasteiger partial charge in [-0.15, -0.1) is 0 Å². The molecule has 0 spiro atoms. The molecule has 0 fully saturated rings. The SMILES string of the molecule is COc1ccc(O)c(CC=Cc2ccccc2C#N)c1. The highest BCUT2D eigenvalue weighted by molar-refractivity contribution is 5.58. The summed E-state index contributed by atoms with van der Waals surface area (Å²) in [6.45, 7) is 0. The maximum absolute atomic E-state index is 9.79. The summed E-state index contributed by atoms with van der Waals surface area (Å²) >= 11 is 0. The minimum atomic E-state index is 0.240. The maximum Gasteiger partial charge on any atom is 0.119 e.